The first-order valence-electron chi connectivity index (χ1n) is 6.41. The quantitative estimate of drug-likeness (QED) is 0.890. The van der Waals surface area contributed by atoms with Gasteiger partial charge in [0.15, 0.2) is 0 Å². The molecule has 0 bridgehead atoms. The van der Waals surface area contributed by atoms with E-state index < -0.39 is 0 Å². The highest BCUT2D eigenvalue weighted by Gasteiger charge is 2.28. The molecule has 0 spiro atoms. The van der Waals surface area contributed by atoms with Crippen molar-refractivity contribution in [3.8, 4) is 0 Å². The highest BCUT2D eigenvalue weighted by molar-refractivity contribution is 5.21. The van der Waals surface area contributed by atoms with Crippen LogP contribution in [0.1, 0.15) is 24.9 Å². The predicted octanol–water partition coefficient (Wildman–Crippen LogP) is 1.93. The fourth-order valence-electron chi connectivity index (χ4n) is 2.62. The molecule has 1 saturated heterocycles. The Morgan fingerprint density at radius 2 is 2.22 bits per heavy atom. The summed E-state index contributed by atoms with van der Waals surface area (Å²) in [7, 11) is 2.02. The fraction of sp³-hybridized carbons (Fsp3) is 0.571. The summed E-state index contributed by atoms with van der Waals surface area (Å²) in [6, 6.07) is 6.78. The van der Waals surface area contributed by atoms with Crippen molar-refractivity contribution < 1.29 is 9.13 Å². The highest BCUT2D eigenvalue weighted by atomic mass is 19.1. The lowest BCUT2D eigenvalue weighted by atomic mass is 10.0. The van der Waals surface area contributed by atoms with E-state index in [4.69, 9.17) is 10.5 Å². The normalized spacial score (nSPS) is 25.6. The van der Waals surface area contributed by atoms with Gasteiger partial charge in [0.25, 0.3) is 0 Å². The van der Waals surface area contributed by atoms with Crippen LogP contribution in [-0.4, -0.2) is 37.2 Å². The third-order valence-electron chi connectivity index (χ3n) is 3.69. The number of nitrogens with zero attached hydrogens (tertiary/aromatic N) is 1. The molecule has 3 atom stereocenters. The second kappa shape index (κ2) is 5.78. The lowest BCUT2D eigenvalue weighted by Crippen LogP contribution is -2.41. The molecule has 1 aromatic rings. The van der Waals surface area contributed by atoms with Gasteiger partial charge in [0.2, 0.25) is 0 Å². The molecule has 0 amide bonds. The molecule has 0 radical (unpaired) electrons. The van der Waals surface area contributed by atoms with E-state index in [0.717, 1.165) is 13.0 Å². The first-order chi connectivity index (χ1) is 8.59. The summed E-state index contributed by atoms with van der Waals surface area (Å²) < 4.78 is 19.2. The lowest BCUT2D eigenvalue weighted by molar-refractivity contribution is 0.0817. The third kappa shape index (κ3) is 2.88. The molecule has 2 rings (SSSR count). The van der Waals surface area contributed by atoms with Crippen molar-refractivity contribution in [2.45, 2.75) is 31.5 Å². The van der Waals surface area contributed by atoms with Gasteiger partial charge in [-0.1, -0.05) is 18.2 Å². The second-order valence-electron chi connectivity index (χ2n) is 5.00. The van der Waals surface area contributed by atoms with Gasteiger partial charge in [0.1, 0.15) is 5.82 Å². The van der Waals surface area contributed by atoms with Crippen molar-refractivity contribution in [2.24, 2.45) is 5.73 Å². The minimum absolute atomic E-state index is 0.225. The van der Waals surface area contributed by atoms with Crippen molar-refractivity contribution in [2.75, 3.05) is 20.2 Å². The van der Waals surface area contributed by atoms with Crippen molar-refractivity contribution in [1.29, 1.82) is 0 Å². The van der Waals surface area contributed by atoms with Gasteiger partial charge >= 0.3 is 0 Å². The van der Waals surface area contributed by atoms with Crippen molar-refractivity contribution in [3.63, 3.8) is 0 Å². The number of hydrogen-bond donors (Lipinski definition) is 1. The average molecular weight is 252 g/mol. The Kier molecular flexibility index (Phi) is 4.32. The van der Waals surface area contributed by atoms with Crippen LogP contribution in [-0.2, 0) is 4.74 Å². The van der Waals surface area contributed by atoms with Gasteiger partial charge < -0.3 is 10.5 Å². The number of rotatable bonds is 4. The largest absolute Gasteiger partial charge is 0.377 e. The number of benzene rings is 1. The summed E-state index contributed by atoms with van der Waals surface area (Å²) in [5.41, 5.74) is 6.67. The Balaban J connectivity index is 1.99. The average Bonchev–Trinajstić information content (AvgIpc) is 2.76. The molecule has 3 unspecified atom stereocenters. The minimum Gasteiger partial charge on any atom is -0.377 e. The van der Waals surface area contributed by atoms with Crippen LogP contribution in [0.5, 0.6) is 0 Å². The van der Waals surface area contributed by atoms with Crippen LogP contribution in [0.25, 0.3) is 0 Å². The van der Waals surface area contributed by atoms with E-state index in [9.17, 15) is 4.39 Å². The van der Waals surface area contributed by atoms with Crippen molar-refractivity contribution in [3.05, 3.63) is 35.6 Å². The van der Waals surface area contributed by atoms with E-state index >= 15 is 0 Å². The molecule has 1 aromatic carbocycles. The van der Waals surface area contributed by atoms with Gasteiger partial charge in [-0.05, 0) is 26.5 Å². The fourth-order valence-corrected chi connectivity index (χ4v) is 2.62. The number of likely N-dealkylation sites (N-methyl/N-ethyl adjacent to an activating group) is 1. The van der Waals surface area contributed by atoms with Gasteiger partial charge in [-0.2, -0.15) is 0 Å². The molecule has 1 fully saturated rings. The van der Waals surface area contributed by atoms with E-state index in [-0.39, 0.29) is 18.0 Å². The van der Waals surface area contributed by atoms with Crippen LogP contribution in [0.2, 0.25) is 0 Å². The van der Waals surface area contributed by atoms with Gasteiger partial charge in [-0.25, -0.2) is 4.39 Å². The summed E-state index contributed by atoms with van der Waals surface area (Å²) in [6.45, 7) is 3.51. The molecule has 2 N–H and O–H groups in total. The van der Waals surface area contributed by atoms with Crippen LogP contribution >= 0.6 is 0 Å². The molecule has 3 nitrogen and oxygen atoms in total. The second-order valence-corrected chi connectivity index (χ2v) is 5.00. The molecule has 1 heterocycles. The van der Waals surface area contributed by atoms with Gasteiger partial charge in [-0.3, -0.25) is 4.90 Å². The molecule has 1 aliphatic heterocycles. The minimum atomic E-state index is -0.302. The molecule has 0 aliphatic carbocycles. The van der Waals surface area contributed by atoms with E-state index in [1.54, 1.807) is 12.1 Å². The molecule has 18 heavy (non-hydrogen) atoms. The first kappa shape index (κ1) is 13.5. The predicted molar refractivity (Wildman–Crippen MR) is 69.8 cm³/mol. The monoisotopic (exact) mass is 252 g/mol. The van der Waals surface area contributed by atoms with Crippen LogP contribution in [0.4, 0.5) is 4.39 Å². The molecule has 100 valence electrons. The molecule has 4 heteroatoms. The number of ether oxygens (including phenoxy) is 1. The summed E-state index contributed by atoms with van der Waals surface area (Å²) >= 11 is 0. The van der Waals surface area contributed by atoms with E-state index in [1.807, 2.05) is 13.1 Å². The first-order valence-corrected chi connectivity index (χ1v) is 6.41. The van der Waals surface area contributed by atoms with Gasteiger partial charge in [0, 0.05) is 30.8 Å². The molecular weight excluding hydrogens is 231 g/mol. The van der Waals surface area contributed by atoms with E-state index in [0.29, 0.717) is 18.2 Å². The number of hydrogen-bond acceptors (Lipinski definition) is 3. The van der Waals surface area contributed by atoms with Crippen LogP contribution in [0.3, 0.4) is 0 Å². The van der Waals surface area contributed by atoms with Crippen LogP contribution < -0.4 is 5.73 Å². The summed E-state index contributed by atoms with van der Waals surface area (Å²) in [5, 5.41) is 0. The van der Waals surface area contributed by atoms with Crippen molar-refractivity contribution >= 4 is 0 Å². The number of halogens is 1. The maximum Gasteiger partial charge on any atom is 0.128 e. The zero-order valence-electron chi connectivity index (χ0n) is 11.0. The molecular formula is C14H21FN2O. The topological polar surface area (TPSA) is 38.5 Å². The summed E-state index contributed by atoms with van der Waals surface area (Å²) in [4.78, 5) is 2.18. The van der Waals surface area contributed by atoms with E-state index in [1.165, 1.54) is 6.07 Å². The Labute approximate surface area is 108 Å². The number of nitrogens with two attached hydrogens (primary N) is 1. The van der Waals surface area contributed by atoms with Gasteiger partial charge in [-0.15, -0.1) is 0 Å². The summed E-state index contributed by atoms with van der Waals surface area (Å²) in [6.07, 6.45) is 1.24. The highest BCUT2D eigenvalue weighted by Crippen LogP contribution is 2.21. The molecule has 1 aliphatic rings. The Hall–Kier alpha value is -0.970. The Morgan fingerprint density at radius 1 is 1.50 bits per heavy atom. The standard InChI is InChI=1S/C14H21FN2O/c1-10-14(7-8-18-10)17(2)9-13(16)11-5-3-4-6-12(11)15/h3-6,10,13-14H,7-9,16H2,1-2H3. The molecule has 0 saturated carbocycles. The third-order valence-corrected chi connectivity index (χ3v) is 3.69. The van der Waals surface area contributed by atoms with Crippen LogP contribution in [0.15, 0.2) is 24.3 Å². The van der Waals surface area contributed by atoms with Crippen LogP contribution in [0, 0.1) is 5.82 Å². The maximum absolute atomic E-state index is 13.6. The Morgan fingerprint density at radius 3 is 2.83 bits per heavy atom. The van der Waals surface area contributed by atoms with E-state index in [2.05, 4.69) is 11.8 Å². The van der Waals surface area contributed by atoms with Crippen molar-refractivity contribution in [1.82, 2.24) is 4.90 Å². The molecule has 0 aromatic heterocycles. The lowest BCUT2D eigenvalue weighted by Gasteiger charge is -2.29. The zero-order valence-corrected chi connectivity index (χ0v) is 11.0. The zero-order chi connectivity index (χ0) is 13.1. The SMILES string of the molecule is CC1OCCC1N(C)CC(N)c1ccccc1F. The Bertz CT molecular complexity index is 399. The summed E-state index contributed by atoms with van der Waals surface area (Å²) in [5.74, 6) is -0.228. The maximum atomic E-state index is 13.6. The smallest absolute Gasteiger partial charge is 0.128 e. The van der Waals surface area contributed by atoms with Gasteiger partial charge in [0.05, 0.1) is 6.10 Å².